The number of benzene rings is 2. The number of anilines is 2. The number of hydrogen-bond acceptors (Lipinski definition) is 7. The first-order valence-electron chi connectivity index (χ1n) is 10.5. The first kappa shape index (κ1) is 22.1. The highest BCUT2D eigenvalue weighted by Gasteiger charge is 2.29. The third kappa shape index (κ3) is 4.87. The first-order valence-corrected chi connectivity index (χ1v) is 10.9. The molecule has 8 nitrogen and oxygen atoms in total. The predicted molar refractivity (Wildman–Crippen MR) is 125 cm³/mol. The van der Waals surface area contributed by atoms with Crippen molar-refractivity contribution in [2.75, 3.05) is 39.1 Å². The van der Waals surface area contributed by atoms with Crippen molar-refractivity contribution in [3.05, 3.63) is 47.7 Å². The van der Waals surface area contributed by atoms with E-state index in [0.717, 1.165) is 30.3 Å². The highest BCUT2D eigenvalue weighted by Crippen LogP contribution is 2.34. The van der Waals surface area contributed by atoms with E-state index in [1.807, 2.05) is 42.1 Å². The number of aromatic nitrogens is 2. The second kappa shape index (κ2) is 9.58. The van der Waals surface area contributed by atoms with Crippen molar-refractivity contribution in [2.45, 2.75) is 18.9 Å². The van der Waals surface area contributed by atoms with E-state index >= 15 is 0 Å². The third-order valence-corrected chi connectivity index (χ3v) is 5.72. The van der Waals surface area contributed by atoms with Gasteiger partial charge in [-0.1, -0.05) is 17.7 Å². The monoisotopic (exact) mass is 455 g/mol. The molecule has 0 unspecified atom stereocenters. The Balaban J connectivity index is 1.56. The van der Waals surface area contributed by atoms with Crippen molar-refractivity contribution >= 4 is 39.9 Å². The number of aromatic hydroxyl groups is 1. The number of hydrogen-bond donors (Lipinski definition) is 2. The lowest BCUT2D eigenvalue weighted by atomic mass is 10.2. The lowest BCUT2D eigenvalue weighted by Crippen LogP contribution is -2.43. The van der Waals surface area contributed by atoms with Crippen molar-refractivity contribution in [1.82, 2.24) is 19.8 Å². The normalized spacial score (nSPS) is 16.0. The maximum absolute atomic E-state index is 12.6. The minimum atomic E-state index is 0.0127. The van der Waals surface area contributed by atoms with E-state index in [-0.39, 0.29) is 22.7 Å². The Morgan fingerprint density at radius 1 is 1.31 bits per heavy atom. The number of likely N-dealkylation sites (N-methyl/N-ethyl adjacent to an activating group) is 1. The van der Waals surface area contributed by atoms with Gasteiger partial charge < -0.3 is 25.0 Å². The molecule has 3 aromatic rings. The summed E-state index contributed by atoms with van der Waals surface area (Å²) < 4.78 is 6.22. The zero-order chi connectivity index (χ0) is 22.7. The summed E-state index contributed by atoms with van der Waals surface area (Å²) in [5, 5.41) is 13.9. The van der Waals surface area contributed by atoms with E-state index in [1.54, 1.807) is 12.1 Å². The summed E-state index contributed by atoms with van der Waals surface area (Å²) in [7, 11) is 3.79. The Morgan fingerprint density at radius 3 is 2.94 bits per heavy atom. The van der Waals surface area contributed by atoms with Crippen LogP contribution >= 0.6 is 11.6 Å². The van der Waals surface area contributed by atoms with E-state index in [4.69, 9.17) is 16.3 Å². The van der Waals surface area contributed by atoms with Gasteiger partial charge in [0.05, 0.1) is 28.5 Å². The smallest absolute Gasteiger partial charge is 0.237 e. The number of carbonyl (C=O) groups excluding carboxylic acids is 1. The molecule has 1 atom stereocenters. The van der Waals surface area contributed by atoms with Crippen LogP contribution in [0.1, 0.15) is 12.8 Å². The molecule has 0 spiro atoms. The molecule has 1 amide bonds. The number of ether oxygens (including phenoxy) is 1. The van der Waals surface area contributed by atoms with Gasteiger partial charge in [0, 0.05) is 12.2 Å². The fourth-order valence-corrected chi connectivity index (χ4v) is 4.08. The summed E-state index contributed by atoms with van der Waals surface area (Å²) >= 11 is 6.04. The fourth-order valence-electron chi connectivity index (χ4n) is 3.90. The SMILES string of the molecule is CN(C)CC(=O)N1CCC[C@H]1COc1cccc2ncnc(Nc3ccc(O)c(Cl)c3)c12. The second-order valence-electron chi connectivity index (χ2n) is 8.10. The summed E-state index contributed by atoms with van der Waals surface area (Å²) in [4.78, 5) is 25.1. The van der Waals surface area contributed by atoms with Crippen LogP contribution in [0.5, 0.6) is 11.5 Å². The standard InChI is InChI=1S/C23H26ClN5O3/c1-28(2)12-21(31)29-10-4-5-16(29)13-32-20-7-3-6-18-22(20)23(26-14-25-18)27-15-8-9-19(30)17(24)11-15/h3,6-9,11,14,16,30H,4-5,10,12-13H2,1-2H3,(H,25,26,27)/t16-/m0/s1. The van der Waals surface area contributed by atoms with Crippen LogP contribution in [0, 0.1) is 0 Å². The van der Waals surface area contributed by atoms with Gasteiger partial charge in [0.1, 0.15) is 30.3 Å². The van der Waals surface area contributed by atoms with E-state index < -0.39 is 0 Å². The van der Waals surface area contributed by atoms with Gasteiger partial charge in [-0.15, -0.1) is 0 Å². The zero-order valence-corrected chi connectivity index (χ0v) is 18.8. The highest BCUT2D eigenvalue weighted by molar-refractivity contribution is 6.32. The Morgan fingerprint density at radius 2 is 2.16 bits per heavy atom. The van der Waals surface area contributed by atoms with Crippen LogP contribution in [0.2, 0.25) is 5.02 Å². The number of phenolic OH excluding ortho intramolecular Hbond substituents is 1. The molecule has 1 saturated heterocycles. The molecule has 1 aliphatic rings. The van der Waals surface area contributed by atoms with Crippen LogP contribution in [-0.2, 0) is 4.79 Å². The predicted octanol–water partition coefficient (Wildman–Crippen LogP) is 3.66. The number of amides is 1. The quantitative estimate of drug-likeness (QED) is 0.525. The van der Waals surface area contributed by atoms with Gasteiger partial charge in [-0.25, -0.2) is 9.97 Å². The number of phenols is 1. The van der Waals surface area contributed by atoms with Crippen LogP contribution in [0.4, 0.5) is 11.5 Å². The number of fused-ring (bicyclic) bond motifs is 1. The van der Waals surface area contributed by atoms with Crippen molar-refractivity contribution < 1.29 is 14.6 Å². The van der Waals surface area contributed by atoms with Crippen molar-refractivity contribution in [1.29, 1.82) is 0 Å². The van der Waals surface area contributed by atoms with E-state index in [1.165, 1.54) is 12.4 Å². The molecule has 0 aliphatic carbocycles. The molecule has 1 aromatic heterocycles. The van der Waals surface area contributed by atoms with Gasteiger partial charge in [0.25, 0.3) is 0 Å². The molecule has 9 heteroatoms. The summed E-state index contributed by atoms with van der Waals surface area (Å²) in [5.41, 5.74) is 1.41. The van der Waals surface area contributed by atoms with Crippen LogP contribution in [0.15, 0.2) is 42.7 Å². The number of likely N-dealkylation sites (tertiary alicyclic amines) is 1. The molecule has 2 heterocycles. The Hall–Kier alpha value is -3.10. The second-order valence-corrected chi connectivity index (χ2v) is 8.50. The minimum absolute atomic E-state index is 0.0127. The number of carbonyl (C=O) groups is 1. The van der Waals surface area contributed by atoms with Crippen LogP contribution < -0.4 is 10.1 Å². The number of nitrogens with zero attached hydrogens (tertiary/aromatic N) is 4. The molecule has 4 rings (SSSR count). The molecule has 1 aliphatic heterocycles. The molecule has 0 saturated carbocycles. The average molecular weight is 456 g/mol. The van der Waals surface area contributed by atoms with Gasteiger partial charge in [0.15, 0.2) is 0 Å². The molecular weight excluding hydrogens is 430 g/mol. The summed E-state index contributed by atoms with van der Waals surface area (Å²) in [6.45, 7) is 1.55. The third-order valence-electron chi connectivity index (χ3n) is 5.42. The minimum Gasteiger partial charge on any atom is -0.506 e. The first-order chi connectivity index (χ1) is 15.4. The Labute approximate surface area is 191 Å². The van der Waals surface area contributed by atoms with Crippen LogP contribution in [0.3, 0.4) is 0 Å². The fraction of sp³-hybridized carbons (Fsp3) is 0.348. The average Bonchev–Trinajstić information content (AvgIpc) is 3.23. The summed E-state index contributed by atoms with van der Waals surface area (Å²) in [6.07, 6.45) is 3.37. The van der Waals surface area contributed by atoms with Crippen LogP contribution in [-0.4, -0.2) is 70.6 Å². The summed E-state index contributed by atoms with van der Waals surface area (Å²) in [6, 6.07) is 10.5. The van der Waals surface area contributed by atoms with Crippen molar-refractivity contribution in [2.24, 2.45) is 0 Å². The van der Waals surface area contributed by atoms with Gasteiger partial charge in [-0.05, 0) is 57.3 Å². The molecule has 32 heavy (non-hydrogen) atoms. The van der Waals surface area contributed by atoms with Crippen LogP contribution in [0.25, 0.3) is 10.9 Å². The largest absolute Gasteiger partial charge is 0.506 e. The van der Waals surface area contributed by atoms with Gasteiger partial charge in [-0.2, -0.15) is 0 Å². The maximum atomic E-state index is 12.6. The van der Waals surface area contributed by atoms with Crippen molar-refractivity contribution in [3.63, 3.8) is 0 Å². The molecule has 168 valence electrons. The lowest BCUT2D eigenvalue weighted by Gasteiger charge is -2.26. The number of rotatable bonds is 7. The van der Waals surface area contributed by atoms with E-state index in [0.29, 0.717) is 30.4 Å². The number of halogens is 1. The molecular formula is C23H26ClN5O3. The van der Waals surface area contributed by atoms with E-state index in [9.17, 15) is 9.90 Å². The maximum Gasteiger partial charge on any atom is 0.237 e. The molecule has 2 aromatic carbocycles. The van der Waals surface area contributed by atoms with E-state index in [2.05, 4.69) is 15.3 Å². The topological polar surface area (TPSA) is 90.8 Å². The number of nitrogens with one attached hydrogen (secondary N) is 1. The molecule has 0 bridgehead atoms. The molecule has 0 radical (unpaired) electrons. The van der Waals surface area contributed by atoms with Gasteiger partial charge in [0.2, 0.25) is 5.91 Å². The van der Waals surface area contributed by atoms with Gasteiger partial charge in [-0.3, -0.25) is 4.79 Å². The van der Waals surface area contributed by atoms with Crippen molar-refractivity contribution in [3.8, 4) is 11.5 Å². The zero-order valence-electron chi connectivity index (χ0n) is 18.1. The summed E-state index contributed by atoms with van der Waals surface area (Å²) in [5.74, 6) is 1.34. The molecule has 2 N–H and O–H groups in total. The lowest BCUT2D eigenvalue weighted by molar-refractivity contribution is -0.133. The Bertz CT molecular complexity index is 1120. The van der Waals surface area contributed by atoms with Gasteiger partial charge >= 0.3 is 0 Å². The highest BCUT2D eigenvalue weighted by atomic mass is 35.5. The molecule has 1 fully saturated rings. The Kier molecular flexibility index (Phi) is 6.62.